The molecule has 6 heteroatoms. The minimum atomic E-state index is -3.44. The van der Waals surface area contributed by atoms with Crippen molar-refractivity contribution in [3.63, 3.8) is 0 Å². The number of nitrogens with zero attached hydrogens (tertiary/aromatic N) is 1. The summed E-state index contributed by atoms with van der Waals surface area (Å²) in [6, 6.07) is 12.2. The lowest BCUT2D eigenvalue weighted by Crippen LogP contribution is -2.30. The van der Waals surface area contributed by atoms with Gasteiger partial charge in [0.1, 0.15) is 5.82 Å². The average Bonchev–Trinajstić information content (AvgIpc) is 2.63. The fourth-order valence-corrected chi connectivity index (χ4v) is 4.23. The van der Waals surface area contributed by atoms with Crippen molar-refractivity contribution in [2.75, 3.05) is 13.1 Å². The van der Waals surface area contributed by atoms with Gasteiger partial charge in [-0.15, -0.1) is 0 Å². The van der Waals surface area contributed by atoms with Crippen LogP contribution in [0.15, 0.2) is 47.4 Å². The molecular formula is C20H27FN2O2S. The minimum absolute atomic E-state index is 0.0181. The second kappa shape index (κ2) is 8.75. The predicted molar refractivity (Wildman–Crippen MR) is 103 cm³/mol. The number of aryl methyl sites for hydroxylation is 1. The standard InChI is InChI=1S/C20H27FN2O2S/c1-5-23(6-2)26(24,25)19-11-9-18(10-12-19)16(4)22-14-17-8-7-15(3)20(21)13-17/h7-13,16,22H,5-6,14H2,1-4H3. The second-order valence-corrected chi connectivity index (χ2v) is 8.28. The summed E-state index contributed by atoms with van der Waals surface area (Å²) in [7, 11) is -3.44. The van der Waals surface area contributed by atoms with Crippen molar-refractivity contribution in [3.05, 3.63) is 65.0 Å². The number of halogens is 1. The lowest BCUT2D eigenvalue weighted by molar-refractivity contribution is 0.445. The van der Waals surface area contributed by atoms with E-state index in [1.807, 2.05) is 39.0 Å². The van der Waals surface area contributed by atoms with Gasteiger partial charge < -0.3 is 5.32 Å². The first-order valence-corrected chi connectivity index (χ1v) is 10.3. The van der Waals surface area contributed by atoms with E-state index in [0.717, 1.165) is 11.1 Å². The number of benzene rings is 2. The highest BCUT2D eigenvalue weighted by Crippen LogP contribution is 2.20. The van der Waals surface area contributed by atoms with Crippen molar-refractivity contribution < 1.29 is 12.8 Å². The number of hydrogen-bond donors (Lipinski definition) is 1. The highest BCUT2D eigenvalue weighted by atomic mass is 32.2. The number of hydrogen-bond acceptors (Lipinski definition) is 3. The Morgan fingerprint density at radius 1 is 1.08 bits per heavy atom. The molecule has 1 N–H and O–H groups in total. The molecule has 142 valence electrons. The van der Waals surface area contributed by atoms with Crippen LogP contribution in [-0.2, 0) is 16.6 Å². The third kappa shape index (κ3) is 4.69. The molecule has 26 heavy (non-hydrogen) atoms. The first-order valence-electron chi connectivity index (χ1n) is 8.88. The van der Waals surface area contributed by atoms with Gasteiger partial charge in [-0.1, -0.05) is 38.1 Å². The quantitative estimate of drug-likeness (QED) is 0.755. The van der Waals surface area contributed by atoms with Gasteiger partial charge in [0.15, 0.2) is 0 Å². The first-order chi connectivity index (χ1) is 12.3. The van der Waals surface area contributed by atoms with Crippen LogP contribution in [0, 0.1) is 12.7 Å². The zero-order valence-electron chi connectivity index (χ0n) is 15.8. The summed E-state index contributed by atoms with van der Waals surface area (Å²) in [5, 5.41) is 3.34. The molecule has 0 radical (unpaired) electrons. The molecule has 0 spiro atoms. The van der Waals surface area contributed by atoms with Crippen LogP contribution >= 0.6 is 0 Å². The molecule has 2 rings (SSSR count). The van der Waals surface area contributed by atoms with Gasteiger partial charge in [0.05, 0.1) is 4.90 Å². The van der Waals surface area contributed by atoms with Gasteiger partial charge in [-0.3, -0.25) is 0 Å². The molecule has 1 unspecified atom stereocenters. The Balaban J connectivity index is 2.06. The van der Waals surface area contributed by atoms with Crippen molar-refractivity contribution in [3.8, 4) is 0 Å². The van der Waals surface area contributed by atoms with E-state index < -0.39 is 10.0 Å². The fraction of sp³-hybridized carbons (Fsp3) is 0.400. The van der Waals surface area contributed by atoms with Gasteiger partial charge in [0.2, 0.25) is 10.0 Å². The van der Waals surface area contributed by atoms with Crippen molar-refractivity contribution in [2.45, 2.75) is 45.2 Å². The number of rotatable bonds is 8. The maximum atomic E-state index is 13.6. The summed E-state index contributed by atoms with van der Waals surface area (Å²) in [6.45, 7) is 8.83. The van der Waals surface area contributed by atoms with E-state index in [1.54, 1.807) is 25.1 Å². The van der Waals surface area contributed by atoms with Crippen LogP contribution in [0.25, 0.3) is 0 Å². The molecule has 0 aliphatic rings. The maximum absolute atomic E-state index is 13.6. The number of sulfonamides is 1. The van der Waals surface area contributed by atoms with E-state index in [-0.39, 0.29) is 11.9 Å². The van der Waals surface area contributed by atoms with Crippen LogP contribution in [0.5, 0.6) is 0 Å². The first kappa shape index (κ1) is 20.6. The molecule has 0 saturated carbocycles. The molecule has 2 aromatic carbocycles. The van der Waals surface area contributed by atoms with Crippen LogP contribution in [0.3, 0.4) is 0 Å². The van der Waals surface area contributed by atoms with Gasteiger partial charge in [-0.25, -0.2) is 12.8 Å². The van der Waals surface area contributed by atoms with Crippen LogP contribution in [0.2, 0.25) is 0 Å². The highest BCUT2D eigenvalue weighted by molar-refractivity contribution is 7.89. The molecule has 0 bridgehead atoms. The van der Waals surface area contributed by atoms with E-state index in [1.165, 1.54) is 10.4 Å². The molecule has 0 aromatic heterocycles. The molecule has 1 atom stereocenters. The molecule has 2 aromatic rings. The summed E-state index contributed by atoms with van der Waals surface area (Å²) >= 11 is 0. The summed E-state index contributed by atoms with van der Waals surface area (Å²) in [5.74, 6) is -0.206. The van der Waals surface area contributed by atoms with E-state index in [0.29, 0.717) is 30.1 Å². The molecule has 4 nitrogen and oxygen atoms in total. The lowest BCUT2D eigenvalue weighted by Gasteiger charge is -2.19. The predicted octanol–water partition coefficient (Wildman–Crippen LogP) is 4.02. The molecule has 0 amide bonds. The monoisotopic (exact) mass is 378 g/mol. The second-order valence-electron chi connectivity index (χ2n) is 6.34. The Hall–Kier alpha value is -1.76. The van der Waals surface area contributed by atoms with E-state index in [2.05, 4.69) is 5.32 Å². The SMILES string of the molecule is CCN(CC)S(=O)(=O)c1ccc(C(C)NCc2ccc(C)c(F)c2)cc1. The number of nitrogens with one attached hydrogen (secondary N) is 1. The molecule has 0 saturated heterocycles. The Labute approximate surface area is 156 Å². The summed E-state index contributed by atoms with van der Waals surface area (Å²) in [5.41, 5.74) is 2.49. The zero-order chi connectivity index (χ0) is 19.3. The zero-order valence-corrected chi connectivity index (χ0v) is 16.6. The molecule has 0 aliphatic heterocycles. The van der Waals surface area contributed by atoms with Crippen molar-refractivity contribution in [1.82, 2.24) is 9.62 Å². The minimum Gasteiger partial charge on any atom is -0.306 e. The summed E-state index contributed by atoms with van der Waals surface area (Å²) in [4.78, 5) is 0.303. The van der Waals surface area contributed by atoms with Crippen molar-refractivity contribution in [2.24, 2.45) is 0 Å². The van der Waals surface area contributed by atoms with E-state index >= 15 is 0 Å². The molecule has 0 aliphatic carbocycles. The molecular weight excluding hydrogens is 351 g/mol. The van der Waals surface area contributed by atoms with Gasteiger partial charge in [-0.05, 0) is 48.7 Å². The molecule has 0 heterocycles. The molecule has 0 fully saturated rings. The van der Waals surface area contributed by atoms with Crippen LogP contribution in [-0.4, -0.2) is 25.8 Å². The van der Waals surface area contributed by atoms with Gasteiger partial charge in [-0.2, -0.15) is 4.31 Å². The average molecular weight is 379 g/mol. The Morgan fingerprint density at radius 3 is 2.23 bits per heavy atom. The van der Waals surface area contributed by atoms with Gasteiger partial charge in [0.25, 0.3) is 0 Å². The highest BCUT2D eigenvalue weighted by Gasteiger charge is 2.21. The van der Waals surface area contributed by atoms with Gasteiger partial charge in [0, 0.05) is 25.7 Å². The van der Waals surface area contributed by atoms with Crippen LogP contribution < -0.4 is 5.32 Å². The van der Waals surface area contributed by atoms with Crippen molar-refractivity contribution >= 4 is 10.0 Å². The van der Waals surface area contributed by atoms with E-state index in [4.69, 9.17) is 0 Å². The Kier molecular flexibility index (Phi) is 6.92. The van der Waals surface area contributed by atoms with Gasteiger partial charge >= 0.3 is 0 Å². The van der Waals surface area contributed by atoms with E-state index in [9.17, 15) is 12.8 Å². The Bertz CT molecular complexity index is 831. The Morgan fingerprint density at radius 2 is 1.69 bits per heavy atom. The maximum Gasteiger partial charge on any atom is 0.243 e. The normalized spacial score (nSPS) is 13.2. The summed E-state index contributed by atoms with van der Waals surface area (Å²) in [6.07, 6.45) is 0. The van der Waals surface area contributed by atoms with Crippen molar-refractivity contribution in [1.29, 1.82) is 0 Å². The topological polar surface area (TPSA) is 49.4 Å². The summed E-state index contributed by atoms with van der Waals surface area (Å²) < 4.78 is 40.1. The lowest BCUT2D eigenvalue weighted by atomic mass is 10.1. The fourth-order valence-electron chi connectivity index (χ4n) is 2.78. The third-order valence-electron chi connectivity index (χ3n) is 4.57. The smallest absolute Gasteiger partial charge is 0.243 e. The third-order valence-corrected chi connectivity index (χ3v) is 6.64. The van der Waals surface area contributed by atoms with Crippen LogP contribution in [0.1, 0.15) is 43.5 Å². The largest absolute Gasteiger partial charge is 0.306 e. The van der Waals surface area contributed by atoms with Crippen LogP contribution in [0.4, 0.5) is 4.39 Å².